The molecule has 5 heteroatoms. The molecule has 0 saturated heterocycles. The molecule has 0 aliphatic rings. The number of carbonyl (C=O) groups excluding carboxylic acids is 1. The van der Waals surface area contributed by atoms with E-state index in [9.17, 15) is 4.79 Å². The van der Waals surface area contributed by atoms with Crippen molar-refractivity contribution in [3.8, 4) is 11.4 Å². The molecule has 0 radical (unpaired) electrons. The zero-order valence-electron chi connectivity index (χ0n) is 11.9. The number of nitrogens with one attached hydrogen (secondary N) is 1. The summed E-state index contributed by atoms with van der Waals surface area (Å²) in [7, 11) is 1.33. The lowest BCUT2D eigenvalue weighted by atomic mass is 10.1. The van der Waals surface area contributed by atoms with Crippen molar-refractivity contribution >= 4 is 18.2 Å². The minimum atomic E-state index is -0.470. The fraction of sp³-hybridized carbons (Fsp3) is 0.267. The van der Waals surface area contributed by atoms with Gasteiger partial charge in [0.1, 0.15) is 16.0 Å². The highest BCUT2D eigenvalue weighted by atomic mass is 32.1. The first-order valence-electron chi connectivity index (χ1n) is 6.21. The van der Waals surface area contributed by atoms with Crippen molar-refractivity contribution in [3.63, 3.8) is 0 Å². The van der Waals surface area contributed by atoms with Crippen molar-refractivity contribution in [2.24, 2.45) is 0 Å². The molecule has 1 aromatic carbocycles. The zero-order chi connectivity index (χ0) is 14.9. The molecule has 2 aromatic rings. The molecule has 104 valence electrons. The van der Waals surface area contributed by atoms with E-state index >= 15 is 0 Å². The summed E-state index contributed by atoms with van der Waals surface area (Å²) in [5.41, 5.74) is 4.31. The van der Waals surface area contributed by atoms with Crippen LogP contribution < -0.4 is 0 Å². The molecule has 2 rings (SSSR count). The monoisotopic (exact) mass is 288 g/mol. The lowest BCUT2D eigenvalue weighted by Gasteiger charge is -2.09. The Bertz CT molecular complexity index is 735. The van der Waals surface area contributed by atoms with Crippen LogP contribution in [-0.4, -0.2) is 23.0 Å². The Labute approximate surface area is 122 Å². The number of esters is 1. The van der Waals surface area contributed by atoms with Gasteiger partial charge in [0.05, 0.1) is 7.11 Å². The van der Waals surface area contributed by atoms with Gasteiger partial charge in [-0.3, -0.25) is 0 Å². The number of aryl methyl sites for hydroxylation is 3. The van der Waals surface area contributed by atoms with Crippen LogP contribution in [0.2, 0.25) is 0 Å². The van der Waals surface area contributed by atoms with E-state index in [-0.39, 0.29) is 4.64 Å². The van der Waals surface area contributed by atoms with E-state index < -0.39 is 5.97 Å². The van der Waals surface area contributed by atoms with Crippen LogP contribution in [0, 0.1) is 25.4 Å². The normalized spacial score (nSPS) is 10.4. The Hall–Kier alpha value is -2.01. The van der Waals surface area contributed by atoms with E-state index in [1.54, 1.807) is 6.92 Å². The van der Waals surface area contributed by atoms with Crippen LogP contribution >= 0.6 is 12.2 Å². The summed E-state index contributed by atoms with van der Waals surface area (Å²) in [5.74, 6) is 0.186. The summed E-state index contributed by atoms with van der Waals surface area (Å²) in [4.78, 5) is 19.1. The molecule has 0 atom stereocenters. The molecule has 1 heterocycles. The molecule has 0 unspecified atom stereocenters. The number of H-pyrrole nitrogens is 1. The van der Waals surface area contributed by atoms with Gasteiger partial charge in [-0.25, -0.2) is 9.78 Å². The first-order valence-corrected chi connectivity index (χ1v) is 6.61. The highest BCUT2D eigenvalue weighted by molar-refractivity contribution is 7.71. The quantitative estimate of drug-likeness (QED) is 0.678. The number of carbonyl (C=O) groups is 1. The highest BCUT2D eigenvalue weighted by Gasteiger charge is 2.14. The Balaban J connectivity index is 2.57. The van der Waals surface area contributed by atoms with Crippen LogP contribution in [0.15, 0.2) is 18.2 Å². The second-order valence-corrected chi connectivity index (χ2v) is 5.07. The van der Waals surface area contributed by atoms with Crippen molar-refractivity contribution < 1.29 is 9.53 Å². The Morgan fingerprint density at radius 2 is 1.95 bits per heavy atom. The molecule has 0 bridgehead atoms. The summed E-state index contributed by atoms with van der Waals surface area (Å²) < 4.78 is 4.96. The van der Waals surface area contributed by atoms with E-state index in [4.69, 9.17) is 17.0 Å². The minimum absolute atomic E-state index is 0.251. The number of hydrogen-bond acceptors (Lipinski definition) is 4. The van der Waals surface area contributed by atoms with E-state index in [0.717, 1.165) is 5.56 Å². The van der Waals surface area contributed by atoms with Gasteiger partial charge >= 0.3 is 5.97 Å². The number of aromatic amines is 1. The first-order chi connectivity index (χ1) is 9.43. The van der Waals surface area contributed by atoms with Crippen molar-refractivity contribution in [3.05, 3.63) is 45.2 Å². The Morgan fingerprint density at radius 3 is 2.50 bits per heavy atom. The molecular formula is C15H16N2O2S. The third kappa shape index (κ3) is 2.63. The molecular weight excluding hydrogens is 272 g/mol. The second-order valence-electron chi connectivity index (χ2n) is 4.68. The third-order valence-corrected chi connectivity index (χ3v) is 3.57. The van der Waals surface area contributed by atoms with Crippen LogP contribution in [0.25, 0.3) is 11.4 Å². The second kappa shape index (κ2) is 5.54. The average molecular weight is 288 g/mol. The SMILES string of the molecule is COC(=O)c1c(C)[nH]c(-c2ccc(C)c(C)c2)nc1=S. The maximum Gasteiger partial charge on any atom is 0.342 e. The standard InChI is InChI=1S/C15H16N2O2S/c1-8-5-6-11(7-9(8)2)13-16-10(3)12(14(20)17-13)15(18)19-4/h5-7H,1-4H3,(H,16,17,20). The summed E-state index contributed by atoms with van der Waals surface area (Å²) in [6.45, 7) is 5.89. The molecule has 0 saturated carbocycles. The van der Waals surface area contributed by atoms with E-state index in [0.29, 0.717) is 17.1 Å². The van der Waals surface area contributed by atoms with Crippen molar-refractivity contribution in [1.82, 2.24) is 9.97 Å². The molecule has 0 spiro atoms. The molecule has 1 aromatic heterocycles. The zero-order valence-corrected chi connectivity index (χ0v) is 12.7. The Kier molecular flexibility index (Phi) is 3.99. The number of nitrogens with zero attached hydrogens (tertiary/aromatic N) is 1. The number of benzene rings is 1. The van der Waals surface area contributed by atoms with E-state index in [2.05, 4.69) is 16.9 Å². The van der Waals surface area contributed by atoms with E-state index in [1.165, 1.54) is 18.2 Å². The molecule has 0 aliphatic carbocycles. The Morgan fingerprint density at radius 1 is 1.25 bits per heavy atom. The summed E-state index contributed by atoms with van der Waals surface area (Å²) in [6, 6.07) is 6.06. The lowest BCUT2D eigenvalue weighted by molar-refractivity contribution is 0.0598. The maximum atomic E-state index is 11.7. The minimum Gasteiger partial charge on any atom is -0.465 e. The molecule has 0 aliphatic heterocycles. The van der Waals surface area contributed by atoms with Crippen LogP contribution in [0.4, 0.5) is 0 Å². The van der Waals surface area contributed by atoms with Crippen molar-refractivity contribution in [1.29, 1.82) is 0 Å². The van der Waals surface area contributed by atoms with Gasteiger partial charge in [-0.15, -0.1) is 0 Å². The van der Waals surface area contributed by atoms with Gasteiger partial charge < -0.3 is 9.72 Å². The largest absolute Gasteiger partial charge is 0.465 e. The van der Waals surface area contributed by atoms with Gasteiger partial charge in [-0.05, 0) is 38.0 Å². The molecule has 4 nitrogen and oxygen atoms in total. The van der Waals surface area contributed by atoms with Crippen LogP contribution in [-0.2, 0) is 4.74 Å². The molecule has 0 fully saturated rings. The van der Waals surface area contributed by atoms with Crippen molar-refractivity contribution in [2.45, 2.75) is 20.8 Å². The number of methoxy groups -OCH3 is 1. The first kappa shape index (κ1) is 14.4. The van der Waals surface area contributed by atoms with Crippen LogP contribution in [0.5, 0.6) is 0 Å². The van der Waals surface area contributed by atoms with Gasteiger partial charge in [-0.1, -0.05) is 24.4 Å². The van der Waals surface area contributed by atoms with Gasteiger partial charge in [-0.2, -0.15) is 0 Å². The highest BCUT2D eigenvalue weighted by Crippen LogP contribution is 2.20. The number of rotatable bonds is 2. The molecule has 0 amide bonds. The summed E-state index contributed by atoms with van der Waals surface area (Å²) in [6.07, 6.45) is 0. The fourth-order valence-electron chi connectivity index (χ4n) is 1.95. The van der Waals surface area contributed by atoms with Gasteiger partial charge in [0, 0.05) is 11.3 Å². The van der Waals surface area contributed by atoms with Gasteiger partial charge in [0.2, 0.25) is 0 Å². The number of aromatic nitrogens is 2. The molecule has 1 N–H and O–H groups in total. The summed E-state index contributed by atoms with van der Waals surface area (Å²) >= 11 is 5.20. The fourth-order valence-corrected chi connectivity index (χ4v) is 2.28. The van der Waals surface area contributed by atoms with Gasteiger partial charge in [0.15, 0.2) is 0 Å². The van der Waals surface area contributed by atoms with Crippen LogP contribution in [0.1, 0.15) is 27.2 Å². The third-order valence-electron chi connectivity index (χ3n) is 3.28. The van der Waals surface area contributed by atoms with Crippen molar-refractivity contribution in [2.75, 3.05) is 7.11 Å². The predicted molar refractivity (Wildman–Crippen MR) is 80.4 cm³/mol. The molecule has 20 heavy (non-hydrogen) atoms. The average Bonchev–Trinajstić information content (AvgIpc) is 2.40. The topological polar surface area (TPSA) is 55.0 Å². The lowest BCUT2D eigenvalue weighted by Crippen LogP contribution is -2.08. The van der Waals surface area contributed by atoms with Gasteiger partial charge in [0.25, 0.3) is 0 Å². The maximum absolute atomic E-state index is 11.7. The van der Waals surface area contributed by atoms with E-state index in [1.807, 2.05) is 25.1 Å². The summed E-state index contributed by atoms with van der Waals surface area (Å²) in [5, 5.41) is 0. The number of ether oxygens (including phenoxy) is 1. The predicted octanol–water partition coefficient (Wildman–Crippen LogP) is 3.52. The number of hydrogen-bond donors (Lipinski definition) is 1. The smallest absolute Gasteiger partial charge is 0.342 e. The van der Waals surface area contributed by atoms with Crippen LogP contribution in [0.3, 0.4) is 0 Å².